The van der Waals surface area contributed by atoms with Crippen molar-refractivity contribution in [1.82, 2.24) is 5.32 Å². The monoisotopic (exact) mass is 207 g/mol. The summed E-state index contributed by atoms with van der Waals surface area (Å²) in [6.07, 6.45) is 0. The van der Waals surface area contributed by atoms with Crippen LogP contribution in [0.4, 0.5) is 11.4 Å². The van der Waals surface area contributed by atoms with Crippen LogP contribution in [-0.2, 0) is 0 Å². The molecule has 0 bridgehead atoms. The number of hydrogen-bond acceptors (Lipinski definition) is 3. The summed E-state index contributed by atoms with van der Waals surface area (Å²) in [5, 5.41) is 5.75. The SMILES string of the molecule is CNc1ccc(C(=O)NC(C)C)cc1N. The fourth-order valence-electron chi connectivity index (χ4n) is 1.28. The molecule has 4 heteroatoms. The predicted octanol–water partition coefficient (Wildman–Crippen LogP) is 1.45. The molecule has 0 saturated carbocycles. The van der Waals surface area contributed by atoms with E-state index in [0.717, 1.165) is 5.69 Å². The van der Waals surface area contributed by atoms with Gasteiger partial charge in [0, 0.05) is 18.7 Å². The van der Waals surface area contributed by atoms with Gasteiger partial charge in [-0.05, 0) is 32.0 Å². The Morgan fingerprint density at radius 1 is 1.40 bits per heavy atom. The van der Waals surface area contributed by atoms with Gasteiger partial charge in [-0.25, -0.2) is 0 Å². The first-order chi connectivity index (χ1) is 7.04. The van der Waals surface area contributed by atoms with Crippen molar-refractivity contribution in [2.75, 3.05) is 18.1 Å². The second-order valence-corrected chi connectivity index (χ2v) is 3.68. The van der Waals surface area contributed by atoms with Gasteiger partial charge in [0.25, 0.3) is 5.91 Å². The van der Waals surface area contributed by atoms with Gasteiger partial charge in [-0.2, -0.15) is 0 Å². The summed E-state index contributed by atoms with van der Waals surface area (Å²) >= 11 is 0. The summed E-state index contributed by atoms with van der Waals surface area (Å²) in [6, 6.07) is 5.34. The lowest BCUT2D eigenvalue weighted by molar-refractivity contribution is 0.0943. The quantitative estimate of drug-likeness (QED) is 0.657. The number of nitrogens with one attached hydrogen (secondary N) is 2. The summed E-state index contributed by atoms with van der Waals surface area (Å²) < 4.78 is 0. The number of carbonyl (C=O) groups is 1. The third kappa shape index (κ3) is 2.87. The fraction of sp³-hybridized carbons (Fsp3) is 0.364. The van der Waals surface area contributed by atoms with E-state index in [1.165, 1.54) is 0 Å². The Hall–Kier alpha value is -1.71. The Balaban J connectivity index is 2.87. The van der Waals surface area contributed by atoms with Crippen LogP contribution < -0.4 is 16.4 Å². The minimum atomic E-state index is -0.0978. The molecule has 0 aliphatic carbocycles. The standard InChI is InChI=1S/C11H17N3O/c1-7(2)14-11(15)8-4-5-10(13-3)9(12)6-8/h4-7,13H,12H2,1-3H3,(H,14,15). The minimum Gasteiger partial charge on any atom is -0.397 e. The van der Waals surface area contributed by atoms with E-state index in [9.17, 15) is 4.79 Å². The molecule has 1 rings (SSSR count). The highest BCUT2D eigenvalue weighted by molar-refractivity contribution is 5.96. The number of amides is 1. The Morgan fingerprint density at radius 3 is 2.53 bits per heavy atom. The van der Waals surface area contributed by atoms with Gasteiger partial charge in [-0.1, -0.05) is 0 Å². The normalized spacial score (nSPS) is 10.1. The molecule has 15 heavy (non-hydrogen) atoms. The lowest BCUT2D eigenvalue weighted by Crippen LogP contribution is -2.30. The minimum absolute atomic E-state index is 0.0978. The van der Waals surface area contributed by atoms with Crippen molar-refractivity contribution in [1.29, 1.82) is 0 Å². The first-order valence-electron chi connectivity index (χ1n) is 4.92. The van der Waals surface area contributed by atoms with Crippen LogP contribution in [0.25, 0.3) is 0 Å². The number of rotatable bonds is 3. The highest BCUT2D eigenvalue weighted by Gasteiger charge is 2.08. The van der Waals surface area contributed by atoms with Crippen molar-refractivity contribution in [2.45, 2.75) is 19.9 Å². The van der Waals surface area contributed by atoms with E-state index in [-0.39, 0.29) is 11.9 Å². The van der Waals surface area contributed by atoms with Crippen LogP contribution in [0.2, 0.25) is 0 Å². The molecule has 0 aromatic heterocycles. The fourth-order valence-corrected chi connectivity index (χ4v) is 1.28. The van der Waals surface area contributed by atoms with E-state index < -0.39 is 0 Å². The van der Waals surface area contributed by atoms with Crippen molar-refractivity contribution in [3.8, 4) is 0 Å². The number of carbonyl (C=O) groups excluding carboxylic acids is 1. The molecule has 0 saturated heterocycles. The van der Waals surface area contributed by atoms with Gasteiger partial charge in [-0.15, -0.1) is 0 Å². The Morgan fingerprint density at radius 2 is 2.07 bits per heavy atom. The van der Waals surface area contributed by atoms with Crippen LogP contribution in [0.15, 0.2) is 18.2 Å². The molecule has 0 aliphatic rings. The maximum atomic E-state index is 11.6. The molecule has 0 spiro atoms. The van der Waals surface area contributed by atoms with Crippen LogP contribution in [0, 0.1) is 0 Å². The van der Waals surface area contributed by atoms with Crippen molar-refractivity contribution in [3.63, 3.8) is 0 Å². The van der Waals surface area contributed by atoms with Crippen molar-refractivity contribution in [2.24, 2.45) is 0 Å². The lowest BCUT2D eigenvalue weighted by atomic mass is 10.1. The van der Waals surface area contributed by atoms with Gasteiger partial charge < -0.3 is 16.4 Å². The zero-order chi connectivity index (χ0) is 11.4. The molecule has 0 unspecified atom stereocenters. The molecule has 1 amide bonds. The van der Waals surface area contributed by atoms with E-state index >= 15 is 0 Å². The summed E-state index contributed by atoms with van der Waals surface area (Å²) in [5.74, 6) is -0.0978. The first kappa shape index (κ1) is 11.4. The molecular weight excluding hydrogens is 190 g/mol. The van der Waals surface area contributed by atoms with E-state index in [1.807, 2.05) is 13.8 Å². The Labute approximate surface area is 89.9 Å². The molecule has 4 nitrogen and oxygen atoms in total. The van der Waals surface area contributed by atoms with E-state index in [2.05, 4.69) is 10.6 Å². The lowest BCUT2D eigenvalue weighted by Gasteiger charge is -2.10. The summed E-state index contributed by atoms with van der Waals surface area (Å²) in [6.45, 7) is 3.84. The molecule has 0 radical (unpaired) electrons. The highest BCUT2D eigenvalue weighted by atomic mass is 16.1. The number of nitrogen functional groups attached to an aromatic ring is 1. The molecule has 0 heterocycles. The molecule has 0 fully saturated rings. The number of nitrogens with two attached hydrogens (primary N) is 1. The average molecular weight is 207 g/mol. The Kier molecular flexibility index (Phi) is 3.55. The van der Waals surface area contributed by atoms with Crippen molar-refractivity contribution >= 4 is 17.3 Å². The summed E-state index contributed by atoms with van der Waals surface area (Å²) in [5.41, 5.74) is 7.75. The number of benzene rings is 1. The smallest absolute Gasteiger partial charge is 0.251 e. The number of hydrogen-bond donors (Lipinski definition) is 3. The van der Waals surface area contributed by atoms with Crippen LogP contribution in [0.1, 0.15) is 24.2 Å². The van der Waals surface area contributed by atoms with Gasteiger partial charge in [0.05, 0.1) is 11.4 Å². The van der Waals surface area contributed by atoms with Crippen LogP contribution in [0.5, 0.6) is 0 Å². The van der Waals surface area contributed by atoms with Crippen LogP contribution in [0.3, 0.4) is 0 Å². The summed E-state index contributed by atoms with van der Waals surface area (Å²) in [7, 11) is 1.79. The molecule has 0 aliphatic heterocycles. The van der Waals surface area contributed by atoms with Crippen molar-refractivity contribution < 1.29 is 4.79 Å². The maximum Gasteiger partial charge on any atom is 0.251 e. The van der Waals surface area contributed by atoms with Gasteiger partial charge in [0.2, 0.25) is 0 Å². The largest absolute Gasteiger partial charge is 0.397 e. The van der Waals surface area contributed by atoms with Gasteiger partial charge in [-0.3, -0.25) is 4.79 Å². The Bertz CT molecular complexity index is 361. The van der Waals surface area contributed by atoms with Crippen LogP contribution in [-0.4, -0.2) is 19.0 Å². The highest BCUT2D eigenvalue weighted by Crippen LogP contribution is 2.18. The third-order valence-electron chi connectivity index (χ3n) is 2.00. The molecule has 82 valence electrons. The molecule has 1 aromatic rings. The topological polar surface area (TPSA) is 67.2 Å². The zero-order valence-electron chi connectivity index (χ0n) is 9.29. The molecular formula is C11H17N3O. The summed E-state index contributed by atoms with van der Waals surface area (Å²) in [4.78, 5) is 11.6. The van der Waals surface area contributed by atoms with E-state index in [0.29, 0.717) is 11.3 Å². The maximum absolute atomic E-state index is 11.6. The zero-order valence-corrected chi connectivity index (χ0v) is 9.29. The third-order valence-corrected chi connectivity index (χ3v) is 2.00. The first-order valence-corrected chi connectivity index (χ1v) is 4.92. The van der Waals surface area contributed by atoms with E-state index in [1.54, 1.807) is 25.2 Å². The molecule has 0 atom stereocenters. The second kappa shape index (κ2) is 4.68. The van der Waals surface area contributed by atoms with Gasteiger partial charge in [0.1, 0.15) is 0 Å². The second-order valence-electron chi connectivity index (χ2n) is 3.68. The van der Waals surface area contributed by atoms with Crippen molar-refractivity contribution in [3.05, 3.63) is 23.8 Å². The predicted molar refractivity (Wildman–Crippen MR) is 63.0 cm³/mol. The average Bonchev–Trinajstić information content (AvgIpc) is 2.16. The van der Waals surface area contributed by atoms with E-state index in [4.69, 9.17) is 5.73 Å². The number of anilines is 2. The van der Waals surface area contributed by atoms with Gasteiger partial charge >= 0.3 is 0 Å². The van der Waals surface area contributed by atoms with Gasteiger partial charge in [0.15, 0.2) is 0 Å². The van der Waals surface area contributed by atoms with Crippen LogP contribution >= 0.6 is 0 Å². The molecule has 4 N–H and O–H groups in total. The molecule has 1 aromatic carbocycles.